The Kier molecular flexibility index (Phi) is 6.67. The van der Waals surface area contributed by atoms with E-state index in [9.17, 15) is 4.39 Å². The van der Waals surface area contributed by atoms with Gasteiger partial charge < -0.3 is 9.47 Å². The molecule has 0 aliphatic carbocycles. The fourth-order valence-corrected chi connectivity index (χ4v) is 4.03. The Bertz CT molecular complexity index is 1470. The first-order chi connectivity index (χ1) is 17.6. The third-order valence-corrected chi connectivity index (χ3v) is 5.96. The summed E-state index contributed by atoms with van der Waals surface area (Å²) in [7, 11) is 3.30. The third kappa shape index (κ3) is 5.08. The molecule has 36 heavy (non-hydrogen) atoms. The molecule has 0 spiro atoms. The smallest absolute Gasteiger partial charge is 0.173 e. The number of ether oxygens (including phenoxy) is 2. The fraction of sp³-hybridized carbons (Fsp3) is 0.100. The first-order valence-corrected chi connectivity index (χ1v) is 11.5. The Morgan fingerprint density at radius 3 is 2.00 bits per heavy atom. The monoisotopic (exact) mass is 478 g/mol. The summed E-state index contributed by atoms with van der Waals surface area (Å²) in [4.78, 5) is 9.66. The molecule has 0 radical (unpaired) electrons. The van der Waals surface area contributed by atoms with E-state index in [2.05, 4.69) is 4.98 Å². The van der Waals surface area contributed by atoms with Crippen molar-refractivity contribution in [3.8, 4) is 45.3 Å². The minimum atomic E-state index is -0.235. The van der Waals surface area contributed by atoms with Gasteiger partial charge in [-0.05, 0) is 54.1 Å². The van der Waals surface area contributed by atoms with E-state index >= 15 is 0 Å². The van der Waals surface area contributed by atoms with Crippen LogP contribution in [0.25, 0.3) is 33.8 Å². The van der Waals surface area contributed by atoms with Crippen molar-refractivity contribution >= 4 is 0 Å². The van der Waals surface area contributed by atoms with Gasteiger partial charge in [-0.25, -0.2) is 18.9 Å². The average molecular weight is 479 g/mol. The van der Waals surface area contributed by atoms with Gasteiger partial charge in [-0.15, -0.1) is 0 Å². The molecule has 5 aromatic rings. The lowest BCUT2D eigenvalue weighted by Gasteiger charge is -2.12. The summed E-state index contributed by atoms with van der Waals surface area (Å²) in [6.45, 7) is 0.576. The van der Waals surface area contributed by atoms with Gasteiger partial charge in [-0.3, -0.25) is 0 Å². The van der Waals surface area contributed by atoms with E-state index in [1.807, 2.05) is 89.9 Å². The van der Waals surface area contributed by atoms with Crippen LogP contribution in [0.4, 0.5) is 4.39 Å². The maximum atomic E-state index is 13.5. The molecule has 5 rings (SSSR count). The summed E-state index contributed by atoms with van der Waals surface area (Å²) in [5.74, 6) is 1.96. The lowest BCUT2D eigenvalue weighted by atomic mass is 10.00. The van der Waals surface area contributed by atoms with Gasteiger partial charge >= 0.3 is 0 Å². The Labute approximate surface area is 209 Å². The normalized spacial score (nSPS) is 10.8. The van der Waals surface area contributed by atoms with E-state index in [1.165, 1.54) is 6.07 Å². The fourth-order valence-electron chi connectivity index (χ4n) is 4.03. The number of halogens is 1. The SMILES string of the molecule is COc1ccc(-c2cnc(-c3cc[n+](Cc4cccc(F)c4)cc3)nc2-c2ccc(OC)cc2)cc1. The Hall–Kier alpha value is -4.58. The van der Waals surface area contributed by atoms with Gasteiger partial charge in [0.05, 0.1) is 19.9 Å². The number of rotatable bonds is 7. The number of hydrogen-bond acceptors (Lipinski definition) is 4. The van der Waals surface area contributed by atoms with Crippen LogP contribution in [0, 0.1) is 5.82 Å². The number of pyridine rings is 1. The van der Waals surface area contributed by atoms with Crippen LogP contribution < -0.4 is 14.0 Å². The van der Waals surface area contributed by atoms with Crippen LogP contribution in [-0.4, -0.2) is 24.2 Å². The molecule has 0 aliphatic rings. The summed E-state index contributed by atoms with van der Waals surface area (Å²) in [6, 6.07) is 26.3. The van der Waals surface area contributed by atoms with Crippen molar-refractivity contribution in [3.63, 3.8) is 0 Å². The zero-order chi connectivity index (χ0) is 24.9. The second-order valence-electron chi connectivity index (χ2n) is 8.30. The lowest BCUT2D eigenvalue weighted by molar-refractivity contribution is -0.688. The minimum absolute atomic E-state index is 0.235. The second kappa shape index (κ2) is 10.4. The largest absolute Gasteiger partial charge is 0.497 e. The summed E-state index contributed by atoms with van der Waals surface area (Å²) < 4.78 is 26.2. The van der Waals surface area contributed by atoms with Crippen molar-refractivity contribution < 1.29 is 18.4 Å². The predicted octanol–water partition coefficient (Wildman–Crippen LogP) is 5.97. The van der Waals surface area contributed by atoms with E-state index in [1.54, 1.807) is 26.4 Å². The Balaban J connectivity index is 1.51. The minimum Gasteiger partial charge on any atom is -0.497 e. The zero-order valence-electron chi connectivity index (χ0n) is 20.1. The quantitative estimate of drug-likeness (QED) is 0.271. The molecule has 0 N–H and O–H groups in total. The highest BCUT2D eigenvalue weighted by atomic mass is 19.1. The van der Waals surface area contributed by atoms with Crippen LogP contribution >= 0.6 is 0 Å². The molecule has 5 nitrogen and oxygen atoms in total. The van der Waals surface area contributed by atoms with Crippen molar-refractivity contribution in [2.45, 2.75) is 6.54 Å². The van der Waals surface area contributed by atoms with Gasteiger partial charge in [0.2, 0.25) is 0 Å². The van der Waals surface area contributed by atoms with Gasteiger partial charge in [0.1, 0.15) is 17.3 Å². The van der Waals surface area contributed by atoms with Gasteiger partial charge in [-0.2, -0.15) is 0 Å². The molecule has 0 amide bonds. The van der Waals surface area contributed by atoms with Crippen LogP contribution in [0.3, 0.4) is 0 Å². The average Bonchev–Trinajstić information content (AvgIpc) is 2.93. The highest BCUT2D eigenvalue weighted by Gasteiger charge is 2.14. The predicted molar refractivity (Wildman–Crippen MR) is 137 cm³/mol. The van der Waals surface area contributed by atoms with Crippen molar-refractivity contribution in [1.29, 1.82) is 0 Å². The van der Waals surface area contributed by atoms with Crippen molar-refractivity contribution in [2.24, 2.45) is 0 Å². The number of benzene rings is 3. The van der Waals surface area contributed by atoms with Crippen molar-refractivity contribution in [3.05, 3.63) is 115 Å². The topological polar surface area (TPSA) is 48.1 Å². The number of hydrogen-bond donors (Lipinski definition) is 0. The molecule has 0 aliphatic heterocycles. The molecule has 0 fully saturated rings. The first kappa shape index (κ1) is 23.2. The van der Waals surface area contributed by atoms with E-state index in [-0.39, 0.29) is 5.82 Å². The number of aromatic nitrogens is 3. The molecule has 0 unspecified atom stereocenters. The molecular weight excluding hydrogens is 453 g/mol. The van der Waals surface area contributed by atoms with Crippen LogP contribution in [0.15, 0.2) is 104 Å². The first-order valence-electron chi connectivity index (χ1n) is 11.5. The number of methoxy groups -OCH3 is 2. The van der Waals surface area contributed by atoms with Gasteiger partial charge in [0.25, 0.3) is 0 Å². The van der Waals surface area contributed by atoms with Crippen molar-refractivity contribution in [2.75, 3.05) is 14.2 Å². The summed E-state index contributed by atoms with van der Waals surface area (Å²) >= 11 is 0. The highest BCUT2D eigenvalue weighted by molar-refractivity contribution is 5.81. The van der Waals surface area contributed by atoms with E-state index in [0.29, 0.717) is 12.4 Å². The summed E-state index contributed by atoms with van der Waals surface area (Å²) in [5.41, 5.74) is 5.49. The molecule has 2 aromatic heterocycles. The lowest BCUT2D eigenvalue weighted by Crippen LogP contribution is -2.33. The standard InChI is InChI=1S/C30H25FN3O2/c1-35-26-10-6-22(7-11-26)28-19-32-30(33-29(28)23-8-12-27(36-2)13-9-23)24-14-16-34(17-15-24)20-21-4-3-5-25(31)18-21/h3-19H,20H2,1-2H3/q+1. The molecular formula is C30H25FN3O2+. The second-order valence-corrected chi connectivity index (χ2v) is 8.30. The molecule has 0 saturated carbocycles. The van der Waals surface area contributed by atoms with E-state index in [0.717, 1.165) is 45.0 Å². The van der Waals surface area contributed by atoms with Gasteiger partial charge in [0.15, 0.2) is 24.8 Å². The van der Waals surface area contributed by atoms with Crippen LogP contribution in [0.1, 0.15) is 5.56 Å². The molecule has 2 heterocycles. The molecule has 0 bridgehead atoms. The van der Waals surface area contributed by atoms with E-state index < -0.39 is 0 Å². The van der Waals surface area contributed by atoms with Crippen molar-refractivity contribution in [1.82, 2.24) is 9.97 Å². The molecule has 3 aromatic carbocycles. The highest BCUT2D eigenvalue weighted by Crippen LogP contribution is 2.33. The molecule has 6 heteroatoms. The summed E-state index contributed by atoms with van der Waals surface area (Å²) in [6.07, 6.45) is 5.76. The molecule has 0 atom stereocenters. The van der Waals surface area contributed by atoms with Crippen LogP contribution in [0.2, 0.25) is 0 Å². The van der Waals surface area contributed by atoms with Crippen LogP contribution in [-0.2, 0) is 6.54 Å². The zero-order valence-corrected chi connectivity index (χ0v) is 20.1. The third-order valence-electron chi connectivity index (χ3n) is 5.96. The number of nitrogens with zero attached hydrogens (tertiary/aromatic N) is 3. The Morgan fingerprint density at radius 1 is 0.750 bits per heavy atom. The van der Waals surface area contributed by atoms with Gasteiger partial charge in [0, 0.05) is 40.6 Å². The molecule has 0 saturated heterocycles. The maximum absolute atomic E-state index is 13.5. The summed E-state index contributed by atoms with van der Waals surface area (Å²) in [5, 5.41) is 0. The van der Waals surface area contributed by atoms with E-state index in [4.69, 9.17) is 14.5 Å². The molecule has 178 valence electrons. The maximum Gasteiger partial charge on any atom is 0.173 e. The van der Waals surface area contributed by atoms with Gasteiger partial charge in [-0.1, -0.05) is 24.3 Å². The Morgan fingerprint density at radius 2 is 1.39 bits per heavy atom. The van der Waals surface area contributed by atoms with Crippen LogP contribution in [0.5, 0.6) is 11.5 Å².